The van der Waals surface area contributed by atoms with Gasteiger partial charge in [-0.2, -0.15) is 5.10 Å². The molecule has 1 aliphatic heterocycles. The molecule has 0 atom stereocenters. The summed E-state index contributed by atoms with van der Waals surface area (Å²) in [7, 11) is 0. The van der Waals surface area contributed by atoms with Crippen LogP contribution in [0.3, 0.4) is 0 Å². The van der Waals surface area contributed by atoms with Crippen LogP contribution in [0.1, 0.15) is 33.0 Å². The van der Waals surface area contributed by atoms with Crippen molar-refractivity contribution in [3.63, 3.8) is 0 Å². The summed E-state index contributed by atoms with van der Waals surface area (Å²) < 4.78 is 1.86. The van der Waals surface area contributed by atoms with Gasteiger partial charge in [-0.1, -0.05) is 23.5 Å². The van der Waals surface area contributed by atoms with Gasteiger partial charge in [0.2, 0.25) is 5.91 Å². The smallest absolute Gasteiger partial charge is 0.324 e. The lowest BCUT2D eigenvalue weighted by molar-refractivity contribution is -0.380. The Morgan fingerprint density at radius 1 is 1.06 bits per heavy atom. The summed E-state index contributed by atoms with van der Waals surface area (Å²) in [4.78, 5) is 44.5. The quantitative estimate of drug-likeness (QED) is 0.312. The second-order valence-corrected chi connectivity index (χ2v) is 9.64. The standard InChI is InChI=1S/C24H24N6O4S/c1-15-17(16(2)29-23(25-15)18-5-3-4-6-19(18)26-29)7-9-21(31)27-11-13-28(14-12-27)24(32)20-8-10-22(35-20)30(33)34/h3-6,8,10H,7,9,11-14H2,1-2H3. The Labute approximate surface area is 204 Å². The van der Waals surface area contributed by atoms with Gasteiger partial charge in [0.25, 0.3) is 5.91 Å². The van der Waals surface area contributed by atoms with Crippen molar-refractivity contribution >= 4 is 44.7 Å². The van der Waals surface area contributed by atoms with E-state index in [4.69, 9.17) is 4.98 Å². The zero-order valence-corrected chi connectivity index (χ0v) is 20.2. The summed E-state index contributed by atoms with van der Waals surface area (Å²) in [5.41, 5.74) is 4.61. The summed E-state index contributed by atoms with van der Waals surface area (Å²) in [6, 6.07) is 10.7. The van der Waals surface area contributed by atoms with Crippen LogP contribution in [-0.4, -0.2) is 67.3 Å². The van der Waals surface area contributed by atoms with Crippen LogP contribution in [0.25, 0.3) is 16.6 Å². The first-order chi connectivity index (χ1) is 16.8. The van der Waals surface area contributed by atoms with E-state index in [1.807, 2.05) is 42.6 Å². The first-order valence-corrected chi connectivity index (χ1v) is 12.2. The summed E-state index contributed by atoms with van der Waals surface area (Å²) in [6.07, 6.45) is 0.911. The number of rotatable bonds is 5. The van der Waals surface area contributed by atoms with Crippen LogP contribution in [0.2, 0.25) is 0 Å². The summed E-state index contributed by atoms with van der Waals surface area (Å²) in [5.74, 6) is -0.194. The van der Waals surface area contributed by atoms with E-state index in [9.17, 15) is 19.7 Å². The number of aryl methyl sites for hydroxylation is 2. The lowest BCUT2D eigenvalue weighted by atomic mass is 10.1. The van der Waals surface area contributed by atoms with Crippen molar-refractivity contribution in [3.8, 4) is 0 Å². The van der Waals surface area contributed by atoms with Crippen LogP contribution < -0.4 is 0 Å². The highest BCUT2D eigenvalue weighted by Gasteiger charge is 2.27. The molecule has 180 valence electrons. The Kier molecular flexibility index (Phi) is 5.93. The number of hydrogen-bond acceptors (Lipinski definition) is 7. The minimum atomic E-state index is -0.497. The maximum Gasteiger partial charge on any atom is 0.324 e. The lowest BCUT2D eigenvalue weighted by Gasteiger charge is -2.34. The van der Waals surface area contributed by atoms with Crippen molar-refractivity contribution < 1.29 is 14.5 Å². The third-order valence-electron chi connectivity index (χ3n) is 6.51. The molecule has 0 radical (unpaired) electrons. The highest BCUT2D eigenvalue weighted by atomic mass is 32.1. The Balaban J connectivity index is 1.22. The van der Waals surface area contributed by atoms with E-state index in [0.29, 0.717) is 43.9 Å². The molecular formula is C24H24N6O4S. The zero-order valence-electron chi connectivity index (χ0n) is 19.4. The van der Waals surface area contributed by atoms with Gasteiger partial charge >= 0.3 is 5.00 Å². The van der Waals surface area contributed by atoms with E-state index in [2.05, 4.69) is 5.10 Å². The largest absolute Gasteiger partial charge is 0.339 e. The fourth-order valence-corrected chi connectivity index (χ4v) is 5.37. The van der Waals surface area contributed by atoms with Gasteiger partial charge in [0.15, 0.2) is 5.65 Å². The van der Waals surface area contributed by atoms with E-state index in [0.717, 1.165) is 44.8 Å². The third-order valence-corrected chi connectivity index (χ3v) is 7.53. The number of carbonyl (C=O) groups is 2. The molecule has 0 bridgehead atoms. The number of nitrogens with zero attached hydrogens (tertiary/aromatic N) is 6. The predicted octanol–water partition coefficient (Wildman–Crippen LogP) is 3.39. The van der Waals surface area contributed by atoms with Crippen LogP contribution in [0.4, 0.5) is 5.00 Å². The second-order valence-electron chi connectivity index (χ2n) is 8.58. The molecule has 2 amide bonds. The molecule has 1 aromatic carbocycles. The zero-order chi connectivity index (χ0) is 24.7. The van der Waals surface area contributed by atoms with Gasteiger partial charge in [0.1, 0.15) is 0 Å². The molecule has 0 spiro atoms. The van der Waals surface area contributed by atoms with Crippen molar-refractivity contribution in [2.24, 2.45) is 0 Å². The normalized spacial score (nSPS) is 14.1. The van der Waals surface area contributed by atoms with Crippen molar-refractivity contribution in [1.29, 1.82) is 0 Å². The average Bonchev–Trinajstić information content (AvgIpc) is 3.49. The number of fused-ring (bicyclic) bond motifs is 3. The number of amides is 2. The lowest BCUT2D eigenvalue weighted by Crippen LogP contribution is -2.50. The molecule has 11 heteroatoms. The van der Waals surface area contributed by atoms with Gasteiger partial charge in [0, 0.05) is 55.4 Å². The van der Waals surface area contributed by atoms with E-state index >= 15 is 0 Å². The van der Waals surface area contributed by atoms with Crippen molar-refractivity contribution in [1.82, 2.24) is 24.4 Å². The summed E-state index contributed by atoms with van der Waals surface area (Å²) in [6.45, 7) is 5.67. The maximum absolute atomic E-state index is 12.9. The summed E-state index contributed by atoms with van der Waals surface area (Å²) >= 11 is 0.876. The second kappa shape index (κ2) is 9.06. The van der Waals surface area contributed by atoms with E-state index < -0.39 is 4.92 Å². The van der Waals surface area contributed by atoms with Crippen LogP contribution in [0, 0.1) is 24.0 Å². The number of carbonyl (C=O) groups excluding carboxylic acids is 2. The molecule has 0 N–H and O–H groups in total. The molecule has 0 saturated carbocycles. The minimum absolute atomic E-state index is 0.0355. The molecule has 1 aliphatic rings. The molecule has 1 saturated heterocycles. The van der Waals surface area contributed by atoms with Gasteiger partial charge < -0.3 is 9.80 Å². The highest BCUT2D eigenvalue weighted by molar-refractivity contribution is 7.17. The molecule has 3 aromatic heterocycles. The molecule has 4 heterocycles. The Morgan fingerprint density at radius 2 is 1.77 bits per heavy atom. The molecule has 0 aliphatic carbocycles. The van der Waals surface area contributed by atoms with Crippen LogP contribution in [0.15, 0.2) is 36.4 Å². The number of piperazine rings is 1. The monoisotopic (exact) mass is 492 g/mol. The molecular weight excluding hydrogens is 468 g/mol. The fraction of sp³-hybridized carbons (Fsp3) is 0.333. The molecule has 1 fully saturated rings. The SMILES string of the molecule is Cc1nc2c3ccccc3nn2c(C)c1CCC(=O)N1CCN(C(=O)c2ccc([N+](=O)[O-])s2)CC1. The Hall–Kier alpha value is -3.86. The van der Waals surface area contributed by atoms with Crippen molar-refractivity contribution in [2.75, 3.05) is 26.2 Å². The summed E-state index contributed by atoms with van der Waals surface area (Å²) in [5, 5.41) is 16.5. The fourth-order valence-electron chi connectivity index (χ4n) is 4.58. The number of thiophene rings is 1. The van der Waals surface area contributed by atoms with Gasteiger partial charge in [-0.05, 0) is 44.0 Å². The van der Waals surface area contributed by atoms with Gasteiger partial charge in [-0.15, -0.1) is 0 Å². The van der Waals surface area contributed by atoms with Crippen molar-refractivity contribution in [3.05, 3.63) is 68.3 Å². The molecule has 5 rings (SSSR count). The van der Waals surface area contributed by atoms with E-state index in [1.54, 1.807) is 9.80 Å². The molecule has 4 aromatic rings. The maximum atomic E-state index is 12.9. The average molecular weight is 493 g/mol. The third kappa shape index (κ3) is 4.23. The van der Waals surface area contributed by atoms with Crippen LogP contribution in [0.5, 0.6) is 0 Å². The highest BCUT2D eigenvalue weighted by Crippen LogP contribution is 2.26. The molecule has 35 heavy (non-hydrogen) atoms. The number of hydrogen-bond donors (Lipinski definition) is 0. The first kappa shape index (κ1) is 22.9. The molecule has 10 nitrogen and oxygen atoms in total. The predicted molar refractivity (Wildman–Crippen MR) is 132 cm³/mol. The Bertz CT molecular complexity index is 1470. The number of benzene rings is 1. The Morgan fingerprint density at radius 3 is 2.49 bits per heavy atom. The van der Waals surface area contributed by atoms with E-state index in [1.165, 1.54) is 12.1 Å². The van der Waals surface area contributed by atoms with Gasteiger partial charge in [0.05, 0.1) is 15.3 Å². The van der Waals surface area contributed by atoms with Crippen molar-refractivity contribution in [2.45, 2.75) is 26.7 Å². The topological polar surface area (TPSA) is 114 Å². The minimum Gasteiger partial charge on any atom is -0.339 e. The van der Waals surface area contributed by atoms with Crippen LogP contribution >= 0.6 is 11.3 Å². The number of aromatic nitrogens is 3. The van der Waals surface area contributed by atoms with Crippen LogP contribution in [-0.2, 0) is 11.2 Å². The number of nitro groups is 1. The first-order valence-electron chi connectivity index (χ1n) is 11.4. The van der Waals surface area contributed by atoms with Gasteiger partial charge in [-0.25, -0.2) is 9.50 Å². The van der Waals surface area contributed by atoms with Gasteiger partial charge in [-0.3, -0.25) is 19.7 Å². The van der Waals surface area contributed by atoms with E-state index in [-0.39, 0.29) is 16.8 Å². The molecule has 0 unspecified atom stereocenters.